The van der Waals surface area contributed by atoms with Crippen molar-refractivity contribution in [3.05, 3.63) is 29.6 Å². The Bertz CT molecular complexity index is 716. The van der Waals surface area contributed by atoms with Crippen LogP contribution in [0.25, 0.3) is 0 Å². The topological polar surface area (TPSA) is 73.0 Å². The quantitative estimate of drug-likeness (QED) is 0.745. The lowest BCUT2D eigenvalue weighted by atomic mass is 10.1. The fourth-order valence-electron chi connectivity index (χ4n) is 3.47. The molecule has 1 aromatic carbocycles. The molecule has 2 aliphatic heterocycles. The Morgan fingerprint density at radius 1 is 1.11 bits per heavy atom. The number of benzene rings is 1. The van der Waals surface area contributed by atoms with Crippen LogP contribution in [0.2, 0.25) is 0 Å². The summed E-state index contributed by atoms with van der Waals surface area (Å²) in [6.07, 6.45) is 0.456. The molecular weight excluding hydrogens is 351 g/mol. The zero-order valence-electron chi connectivity index (χ0n) is 15.5. The van der Waals surface area contributed by atoms with Crippen LogP contribution in [0.1, 0.15) is 30.1 Å². The van der Waals surface area contributed by atoms with Crippen LogP contribution in [0.5, 0.6) is 0 Å². The molecule has 0 bridgehead atoms. The number of hydrogen-bond donors (Lipinski definition) is 1. The number of amides is 3. The molecule has 0 unspecified atom stereocenters. The van der Waals surface area contributed by atoms with Gasteiger partial charge in [-0.3, -0.25) is 19.3 Å². The standard InChI is InChI=1S/C19H25FN4O3/c1-2-22-9-11-23(12-10-22)16-4-3-14(13-15(16)20)19(27)21-7-8-24-17(25)5-6-18(24)26/h3-4,13H,2,5-12H2,1H3,(H,21,27). The van der Waals surface area contributed by atoms with E-state index in [9.17, 15) is 18.8 Å². The molecule has 0 saturated carbocycles. The SMILES string of the molecule is CCN1CCN(c2ccc(C(=O)NCCN3C(=O)CCC3=O)cc2F)CC1. The number of carbonyl (C=O) groups is 3. The van der Waals surface area contributed by atoms with Gasteiger partial charge in [-0.15, -0.1) is 0 Å². The number of anilines is 1. The Hall–Kier alpha value is -2.48. The van der Waals surface area contributed by atoms with Crippen LogP contribution < -0.4 is 10.2 Å². The second-order valence-electron chi connectivity index (χ2n) is 6.78. The minimum absolute atomic E-state index is 0.145. The average molecular weight is 376 g/mol. The Balaban J connectivity index is 1.54. The zero-order valence-corrected chi connectivity index (χ0v) is 15.5. The number of carbonyl (C=O) groups excluding carboxylic acids is 3. The number of nitrogens with zero attached hydrogens (tertiary/aromatic N) is 3. The second-order valence-corrected chi connectivity index (χ2v) is 6.78. The van der Waals surface area contributed by atoms with E-state index in [1.54, 1.807) is 12.1 Å². The molecule has 2 aliphatic rings. The molecule has 3 rings (SSSR count). The summed E-state index contributed by atoms with van der Waals surface area (Å²) in [6.45, 7) is 6.70. The normalized spacial score (nSPS) is 18.3. The highest BCUT2D eigenvalue weighted by atomic mass is 19.1. The first-order valence-electron chi connectivity index (χ1n) is 9.38. The first-order chi connectivity index (χ1) is 13.0. The number of imide groups is 1. The van der Waals surface area contributed by atoms with Crippen molar-refractivity contribution in [2.24, 2.45) is 0 Å². The van der Waals surface area contributed by atoms with Gasteiger partial charge in [-0.1, -0.05) is 6.92 Å². The van der Waals surface area contributed by atoms with Crippen molar-refractivity contribution in [3.63, 3.8) is 0 Å². The van der Waals surface area contributed by atoms with Crippen LogP contribution in [0, 0.1) is 5.82 Å². The van der Waals surface area contributed by atoms with E-state index in [1.807, 2.05) is 4.90 Å². The summed E-state index contributed by atoms with van der Waals surface area (Å²) in [5.41, 5.74) is 0.734. The Kier molecular flexibility index (Phi) is 6.05. The van der Waals surface area contributed by atoms with Crippen molar-refractivity contribution in [2.45, 2.75) is 19.8 Å². The number of hydrogen-bond acceptors (Lipinski definition) is 5. The molecule has 27 heavy (non-hydrogen) atoms. The summed E-state index contributed by atoms with van der Waals surface area (Å²) in [4.78, 5) is 40.7. The fraction of sp³-hybridized carbons (Fsp3) is 0.526. The van der Waals surface area contributed by atoms with Crippen LogP contribution in [0.3, 0.4) is 0 Å². The number of nitrogens with one attached hydrogen (secondary N) is 1. The van der Waals surface area contributed by atoms with Crippen molar-refractivity contribution in [1.82, 2.24) is 15.1 Å². The summed E-state index contributed by atoms with van der Waals surface area (Å²) < 4.78 is 14.5. The second kappa shape index (κ2) is 8.47. The van der Waals surface area contributed by atoms with E-state index in [2.05, 4.69) is 17.1 Å². The molecule has 2 heterocycles. The van der Waals surface area contributed by atoms with E-state index in [-0.39, 0.29) is 43.3 Å². The van der Waals surface area contributed by atoms with Gasteiger partial charge in [0.05, 0.1) is 5.69 Å². The molecule has 7 nitrogen and oxygen atoms in total. The van der Waals surface area contributed by atoms with Crippen molar-refractivity contribution < 1.29 is 18.8 Å². The first kappa shape index (κ1) is 19.3. The molecule has 2 saturated heterocycles. The van der Waals surface area contributed by atoms with E-state index >= 15 is 0 Å². The van der Waals surface area contributed by atoms with Crippen molar-refractivity contribution in [1.29, 1.82) is 0 Å². The fourth-order valence-corrected chi connectivity index (χ4v) is 3.47. The van der Waals surface area contributed by atoms with E-state index in [0.29, 0.717) is 5.69 Å². The number of halogens is 1. The molecule has 8 heteroatoms. The van der Waals surface area contributed by atoms with Gasteiger partial charge in [0.25, 0.3) is 5.91 Å². The van der Waals surface area contributed by atoms with Crippen molar-refractivity contribution in [3.8, 4) is 0 Å². The number of rotatable bonds is 6. The van der Waals surface area contributed by atoms with E-state index < -0.39 is 11.7 Å². The molecule has 0 radical (unpaired) electrons. The Labute approximate surface area is 158 Å². The summed E-state index contributed by atoms with van der Waals surface area (Å²) in [6, 6.07) is 4.48. The molecule has 146 valence electrons. The Morgan fingerprint density at radius 3 is 2.37 bits per heavy atom. The number of likely N-dealkylation sites (tertiary alicyclic amines) is 1. The predicted octanol–water partition coefficient (Wildman–Crippen LogP) is 0.846. The summed E-state index contributed by atoms with van der Waals surface area (Å²) >= 11 is 0. The highest BCUT2D eigenvalue weighted by Crippen LogP contribution is 2.22. The van der Waals surface area contributed by atoms with Gasteiger partial charge < -0.3 is 15.1 Å². The van der Waals surface area contributed by atoms with Crippen LogP contribution in [-0.2, 0) is 9.59 Å². The van der Waals surface area contributed by atoms with Crippen LogP contribution in [0.15, 0.2) is 18.2 Å². The predicted molar refractivity (Wildman–Crippen MR) is 99.0 cm³/mol. The molecule has 3 amide bonds. The third kappa shape index (κ3) is 4.44. The number of likely N-dealkylation sites (N-methyl/N-ethyl adjacent to an activating group) is 1. The maximum atomic E-state index is 14.5. The van der Waals surface area contributed by atoms with E-state index in [0.717, 1.165) is 37.6 Å². The minimum atomic E-state index is -0.421. The van der Waals surface area contributed by atoms with Gasteiger partial charge in [0, 0.05) is 57.7 Å². The third-order valence-electron chi connectivity index (χ3n) is 5.15. The molecule has 2 fully saturated rings. The summed E-state index contributed by atoms with van der Waals surface area (Å²) in [5.74, 6) is -1.27. The highest BCUT2D eigenvalue weighted by Gasteiger charge is 2.28. The molecular formula is C19H25FN4O3. The first-order valence-corrected chi connectivity index (χ1v) is 9.38. The monoisotopic (exact) mass is 376 g/mol. The van der Waals surface area contributed by atoms with Gasteiger partial charge in [-0.25, -0.2) is 4.39 Å². The van der Waals surface area contributed by atoms with Crippen molar-refractivity contribution in [2.75, 3.05) is 50.7 Å². The van der Waals surface area contributed by atoms with Crippen LogP contribution in [-0.4, -0.2) is 73.3 Å². The zero-order chi connectivity index (χ0) is 19.4. The summed E-state index contributed by atoms with van der Waals surface area (Å²) in [7, 11) is 0. The lowest BCUT2D eigenvalue weighted by Crippen LogP contribution is -2.46. The molecule has 0 atom stereocenters. The Morgan fingerprint density at radius 2 is 1.78 bits per heavy atom. The van der Waals surface area contributed by atoms with Gasteiger partial charge in [0.15, 0.2) is 0 Å². The smallest absolute Gasteiger partial charge is 0.251 e. The largest absolute Gasteiger partial charge is 0.367 e. The molecule has 0 aromatic heterocycles. The maximum Gasteiger partial charge on any atom is 0.251 e. The molecule has 0 spiro atoms. The molecule has 1 N–H and O–H groups in total. The van der Waals surface area contributed by atoms with E-state index in [1.165, 1.54) is 6.07 Å². The summed E-state index contributed by atoms with van der Waals surface area (Å²) in [5, 5.41) is 2.63. The lowest BCUT2D eigenvalue weighted by molar-refractivity contribution is -0.138. The number of piperazine rings is 1. The van der Waals surface area contributed by atoms with Crippen LogP contribution in [0.4, 0.5) is 10.1 Å². The lowest BCUT2D eigenvalue weighted by Gasteiger charge is -2.35. The molecule has 0 aliphatic carbocycles. The highest BCUT2D eigenvalue weighted by molar-refractivity contribution is 6.02. The van der Waals surface area contributed by atoms with Crippen LogP contribution >= 0.6 is 0 Å². The van der Waals surface area contributed by atoms with Gasteiger partial charge in [0.2, 0.25) is 11.8 Å². The minimum Gasteiger partial charge on any atom is -0.367 e. The molecule has 1 aromatic rings. The van der Waals surface area contributed by atoms with E-state index in [4.69, 9.17) is 0 Å². The van der Waals surface area contributed by atoms with Gasteiger partial charge >= 0.3 is 0 Å². The van der Waals surface area contributed by atoms with Crippen molar-refractivity contribution >= 4 is 23.4 Å². The van der Waals surface area contributed by atoms with Gasteiger partial charge in [-0.05, 0) is 24.7 Å². The maximum absolute atomic E-state index is 14.5. The van der Waals surface area contributed by atoms with Gasteiger partial charge in [-0.2, -0.15) is 0 Å². The third-order valence-corrected chi connectivity index (χ3v) is 5.15. The average Bonchev–Trinajstić information content (AvgIpc) is 3.00. The van der Waals surface area contributed by atoms with Gasteiger partial charge in [0.1, 0.15) is 5.82 Å².